The van der Waals surface area contributed by atoms with E-state index < -0.39 is 0 Å². The van der Waals surface area contributed by atoms with Gasteiger partial charge in [0.15, 0.2) is 0 Å². The maximum Gasteiger partial charge on any atom is 0.0491 e. The van der Waals surface area contributed by atoms with Crippen molar-refractivity contribution in [1.29, 1.82) is 0 Å². The Bertz CT molecular complexity index is 215. The third-order valence-electron chi connectivity index (χ3n) is 5.37. The fourth-order valence-corrected chi connectivity index (χ4v) is 4.28. The van der Waals surface area contributed by atoms with Crippen molar-refractivity contribution in [3.63, 3.8) is 0 Å². The van der Waals surface area contributed by atoms with Crippen molar-refractivity contribution < 1.29 is 10.2 Å². The molecule has 0 aromatic carbocycles. The molecule has 0 saturated heterocycles. The average Bonchev–Trinajstić information content (AvgIpc) is 2.42. The van der Waals surface area contributed by atoms with E-state index in [1.807, 2.05) is 0 Å². The minimum Gasteiger partial charge on any atom is -0.396 e. The third-order valence-corrected chi connectivity index (χ3v) is 5.37. The van der Waals surface area contributed by atoms with Gasteiger partial charge in [0.2, 0.25) is 0 Å². The summed E-state index contributed by atoms with van der Waals surface area (Å²) in [5.41, 5.74) is 0.0506. The minimum atomic E-state index is 0.0506. The van der Waals surface area contributed by atoms with Gasteiger partial charge < -0.3 is 10.2 Å². The van der Waals surface area contributed by atoms with Gasteiger partial charge in [-0.15, -0.1) is 0 Å². The van der Waals surface area contributed by atoms with Gasteiger partial charge in [-0.1, -0.05) is 51.4 Å². The first-order valence-electron chi connectivity index (χ1n) is 7.54. The fraction of sp³-hybridized carbons (Fsp3) is 1.00. The molecular formula is C15H28O2. The molecule has 0 amide bonds. The second-order valence-electron chi connectivity index (χ2n) is 6.27. The highest BCUT2D eigenvalue weighted by Crippen LogP contribution is 2.48. The van der Waals surface area contributed by atoms with Crippen LogP contribution in [0.5, 0.6) is 0 Å². The Labute approximate surface area is 105 Å². The molecule has 2 heteroatoms. The zero-order valence-corrected chi connectivity index (χ0v) is 11.0. The largest absolute Gasteiger partial charge is 0.396 e. The first-order chi connectivity index (χ1) is 8.32. The zero-order valence-electron chi connectivity index (χ0n) is 11.0. The average molecular weight is 240 g/mol. The lowest BCUT2D eigenvalue weighted by molar-refractivity contribution is -0.0392. The Hall–Kier alpha value is -0.0800. The van der Waals surface area contributed by atoms with E-state index in [1.165, 1.54) is 51.4 Å². The highest BCUT2D eigenvalue weighted by molar-refractivity contribution is 4.92. The summed E-state index contributed by atoms with van der Waals surface area (Å²) in [7, 11) is 0. The molecule has 0 bridgehead atoms. The number of rotatable bonds is 4. The Morgan fingerprint density at radius 2 is 1.47 bits per heavy atom. The van der Waals surface area contributed by atoms with Gasteiger partial charge in [-0.05, 0) is 30.1 Å². The van der Waals surface area contributed by atoms with E-state index in [0.29, 0.717) is 11.8 Å². The molecule has 2 rings (SSSR count). The summed E-state index contributed by atoms with van der Waals surface area (Å²) >= 11 is 0. The SMILES string of the molecule is OCC(C1CCCCC1)C1(CO)CCCCC1. The van der Waals surface area contributed by atoms with Crippen LogP contribution in [0.25, 0.3) is 0 Å². The molecule has 17 heavy (non-hydrogen) atoms. The molecule has 1 unspecified atom stereocenters. The number of aliphatic hydroxyl groups excluding tert-OH is 2. The van der Waals surface area contributed by atoms with E-state index >= 15 is 0 Å². The molecule has 0 spiro atoms. The van der Waals surface area contributed by atoms with E-state index in [-0.39, 0.29) is 18.6 Å². The number of hydrogen-bond acceptors (Lipinski definition) is 2. The van der Waals surface area contributed by atoms with Crippen LogP contribution in [0.2, 0.25) is 0 Å². The molecule has 0 aromatic heterocycles. The van der Waals surface area contributed by atoms with Crippen molar-refractivity contribution >= 4 is 0 Å². The lowest BCUT2D eigenvalue weighted by Gasteiger charge is -2.46. The smallest absolute Gasteiger partial charge is 0.0491 e. The molecule has 2 aliphatic carbocycles. The van der Waals surface area contributed by atoms with Crippen molar-refractivity contribution in [2.45, 2.75) is 64.2 Å². The van der Waals surface area contributed by atoms with E-state index in [9.17, 15) is 10.2 Å². The number of hydrogen-bond donors (Lipinski definition) is 2. The summed E-state index contributed by atoms with van der Waals surface area (Å²) in [6.07, 6.45) is 12.6. The molecule has 1 atom stereocenters. The highest BCUT2D eigenvalue weighted by atomic mass is 16.3. The summed E-state index contributed by atoms with van der Waals surface area (Å²) in [5, 5.41) is 19.7. The Balaban J connectivity index is 2.07. The normalized spacial score (nSPS) is 27.9. The van der Waals surface area contributed by atoms with Crippen LogP contribution in [0.15, 0.2) is 0 Å². The topological polar surface area (TPSA) is 40.5 Å². The van der Waals surface area contributed by atoms with Crippen LogP contribution in [-0.4, -0.2) is 23.4 Å². The van der Waals surface area contributed by atoms with E-state index in [0.717, 1.165) is 12.8 Å². The molecule has 0 aromatic rings. The quantitative estimate of drug-likeness (QED) is 0.792. The van der Waals surface area contributed by atoms with Gasteiger partial charge in [-0.3, -0.25) is 0 Å². The first kappa shape index (κ1) is 13.4. The van der Waals surface area contributed by atoms with Crippen molar-refractivity contribution in [3.05, 3.63) is 0 Å². The lowest BCUT2D eigenvalue weighted by Crippen LogP contribution is -2.43. The molecule has 100 valence electrons. The van der Waals surface area contributed by atoms with Crippen molar-refractivity contribution in [2.24, 2.45) is 17.3 Å². The monoisotopic (exact) mass is 240 g/mol. The maximum atomic E-state index is 9.86. The van der Waals surface area contributed by atoms with Gasteiger partial charge in [0.25, 0.3) is 0 Å². The second-order valence-corrected chi connectivity index (χ2v) is 6.27. The molecule has 2 aliphatic rings. The zero-order chi connectivity index (χ0) is 12.1. The molecule has 0 radical (unpaired) electrons. The summed E-state index contributed by atoms with van der Waals surface area (Å²) in [6.45, 7) is 0.569. The lowest BCUT2D eigenvalue weighted by atomic mass is 9.60. The van der Waals surface area contributed by atoms with Crippen LogP contribution in [0.1, 0.15) is 64.2 Å². The van der Waals surface area contributed by atoms with Gasteiger partial charge in [-0.2, -0.15) is 0 Å². The van der Waals surface area contributed by atoms with Crippen LogP contribution in [0.3, 0.4) is 0 Å². The van der Waals surface area contributed by atoms with Crippen LogP contribution >= 0.6 is 0 Å². The summed E-state index contributed by atoms with van der Waals surface area (Å²) in [5.74, 6) is 1.02. The molecule has 2 nitrogen and oxygen atoms in total. The Morgan fingerprint density at radius 3 is 2.00 bits per heavy atom. The minimum absolute atomic E-state index is 0.0506. The van der Waals surface area contributed by atoms with Crippen molar-refractivity contribution in [1.82, 2.24) is 0 Å². The molecule has 0 heterocycles. The molecule has 2 fully saturated rings. The van der Waals surface area contributed by atoms with Gasteiger partial charge in [0.05, 0.1) is 0 Å². The standard InChI is InChI=1S/C15H28O2/c16-11-14(13-7-3-1-4-8-13)15(12-17)9-5-2-6-10-15/h13-14,16-17H,1-12H2. The summed E-state index contributed by atoms with van der Waals surface area (Å²) in [4.78, 5) is 0. The first-order valence-corrected chi connectivity index (χ1v) is 7.54. The molecule has 2 saturated carbocycles. The summed E-state index contributed by atoms with van der Waals surface area (Å²) in [6, 6.07) is 0. The van der Waals surface area contributed by atoms with Crippen LogP contribution < -0.4 is 0 Å². The third kappa shape index (κ3) is 2.85. The molecule has 0 aliphatic heterocycles. The molecular weight excluding hydrogens is 212 g/mol. The van der Waals surface area contributed by atoms with E-state index in [4.69, 9.17) is 0 Å². The highest BCUT2D eigenvalue weighted by Gasteiger charge is 2.42. The molecule has 2 N–H and O–H groups in total. The predicted molar refractivity (Wildman–Crippen MR) is 69.8 cm³/mol. The van der Waals surface area contributed by atoms with Gasteiger partial charge in [0, 0.05) is 13.2 Å². The maximum absolute atomic E-state index is 9.86. The predicted octanol–water partition coefficient (Wildman–Crippen LogP) is 3.12. The van der Waals surface area contributed by atoms with Crippen LogP contribution in [-0.2, 0) is 0 Å². The second kappa shape index (κ2) is 6.19. The van der Waals surface area contributed by atoms with E-state index in [1.54, 1.807) is 0 Å². The van der Waals surface area contributed by atoms with E-state index in [2.05, 4.69) is 0 Å². The number of aliphatic hydroxyl groups is 2. The van der Waals surface area contributed by atoms with Gasteiger partial charge in [0.1, 0.15) is 0 Å². The van der Waals surface area contributed by atoms with Gasteiger partial charge in [-0.25, -0.2) is 0 Å². The fourth-order valence-electron chi connectivity index (χ4n) is 4.28. The van der Waals surface area contributed by atoms with Crippen molar-refractivity contribution in [3.8, 4) is 0 Å². The van der Waals surface area contributed by atoms with Crippen LogP contribution in [0.4, 0.5) is 0 Å². The Kier molecular flexibility index (Phi) is 4.87. The summed E-state index contributed by atoms with van der Waals surface area (Å²) < 4.78 is 0. The van der Waals surface area contributed by atoms with Crippen LogP contribution in [0, 0.1) is 17.3 Å². The Morgan fingerprint density at radius 1 is 0.882 bits per heavy atom. The van der Waals surface area contributed by atoms with Crippen molar-refractivity contribution in [2.75, 3.05) is 13.2 Å². The van der Waals surface area contributed by atoms with Gasteiger partial charge >= 0.3 is 0 Å².